The molecule has 0 aromatic carbocycles. The van der Waals surface area contributed by atoms with Crippen LogP contribution in [-0.2, 0) is 4.74 Å². The van der Waals surface area contributed by atoms with Crippen LogP contribution in [0.5, 0.6) is 0 Å². The molecule has 1 aromatic rings. The largest absolute Gasteiger partial charge is 0.383 e. The van der Waals surface area contributed by atoms with Gasteiger partial charge >= 0.3 is 0 Å². The van der Waals surface area contributed by atoms with Crippen LogP contribution in [0.4, 0.5) is 5.82 Å². The summed E-state index contributed by atoms with van der Waals surface area (Å²) in [5, 5.41) is 0.571. The van der Waals surface area contributed by atoms with Crippen LogP contribution in [0.25, 0.3) is 0 Å². The fourth-order valence-corrected chi connectivity index (χ4v) is 2.41. The first kappa shape index (κ1) is 12.6. The topological polar surface area (TPSA) is 86.2 Å². The maximum Gasteiger partial charge on any atom is 0.128 e. The number of rotatable bonds is 3. The number of nitrogens with one attached hydrogen (secondary N) is 1. The van der Waals surface area contributed by atoms with Gasteiger partial charge in [0.25, 0.3) is 0 Å². The van der Waals surface area contributed by atoms with E-state index in [9.17, 15) is 0 Å². The molecule has 1 unspecified atom stereocenters. The minimum absolute atomic E-state index is 0.0231. The lowest BCUT2D eigenvalue weighted by atomic mass is 9.88. The van der Waals surface area contributed by atoms with Gasteiger partial charge in [-0.2, -0.15) is 0 Å². The highest BCUT2D eigenvalue weighted by atomic mass is 35.5. The number of hydrogen-bond donors (Lipinski definition) is 3. The van der Waals surface area contributed by atoms with Crippen LogP contribution in [-0.4, -0.2) is 18.2 Å². The van der Waals surface area contributed by atoms with E-state index in [0.717, 1.165) is 31.6 Å². The van der Waals surface area contributed by atoms with E-state index < -0.39 is 0 Å². The predicted octanol–water partition coefficient (Wildman–Crippen LogP) is 1.25. The normalized spacial score (nSPS) is 19.2. The molecule has 6 heteroatoms. The molecule has 17 heavy (non-hydrogen) atoms. The first-order valence-corrected chi connectivity index (χ1v) is 6.05. The van der Waals surface area contributed by atoms with Crippen molar-refractivity contribution in [2.45, 2.75) is 18.9 Å². The Morgan fingerprint density at radius 3 is 2.82 bits per heavy atom. The van der Waals surface area contributed by atoms with Gasteiger partial charge in [0, 0.05) is 25.0 Å². The summed E-state index contributed by atoms with van der Waals surface area (Å²) in [6, 6.07) is 1.80. The van der Waals surface area contributed by atoms with E-state index in [1.165, 1.54) is 6.20 Å². The number of ether oxygens (including phenoxy) is 1. The van der Waals surface area contributed by atoms with Gasteiger partial charge in [0.1, 0.15) is 5.82 Å². The molecule has 5 nitrogen and oxygen atoms in total. The van der Waals surface area contributed by atoms with Gasteiger partial charge in [-0.25, -0.2) is 4.98 Å². The molecule has 0 saturated carbocycles. The molecular weight excluding hydrogens is 240 g/mol. The average Bonchev–Trinajstić information content (AvgIpc) is 2.36. The standard InChI is InChI=1S/C11H17ClN4O/c12-8-5-9(11(13)15-6-8)10(16-14)7-1-3-17-4-2-7/h5-7,10,16H,1-4,14H2,(H2,13,15). The number of nitrogens with two attached hydrogens (primary N) is 2. The SMILES string of the molecule is NNC(c1cc(Cl)cnc1N)C1CCOCC1. The molecule has 2 heterocycles. The predicted molar refractivity (Wildman–Crippen MR) is 67.3 cm³/mol. The molecule has 94 valence electrons. The molecule has 1 saturated heterocycles. The Labute approximate surface area is 105 Å². The molecule has 1 aliphatic heterocycles. The zero-order valence-corrected chi connectivity index (χ0v) is 10.3. The maximum atomic E-state index is 5.95. The van der Waals surface area contributed by atoms with E-state index in [2.05, 4.69) is 10.4 Å². The quantitative estimate of drug-likeness (QED) is 0.560. The Kier molecular flexibility index (Phi) is 4.17. The Hall–Kier alpha value is -0.880. The van der Waals surface area contributed by atoms with Crippen molar-refractivity contribution < 1.29 is 4.74 Å². The van der Waals surface area contributed by atoms with Crippen LogP contribution in [0.1, 0.15) is 24.4 Å². The highest BCUT2D eigenvalue weighted by Gasteiger charge is 2.26. The lowest BCUT2D eigenvalue weighted by molar-refractivity contribution is 0.0537. The Balaban J connectivity index is 2.24. The van der Waals surface area contributed by atoms with Gasteiger partial charge in [0.05, 0.1) is 11.1 Å². The smallest absolute Gasteiger partial charge is 0.128 e. The maximum absolute atomic E-state index is 5.95. The first-order valence-electron chi connectivity index (χ1n) is 5.67. The molecule has 0 radical (unpaired) electrons. The van der Waals surface area contributed by atoms with Gasteiger partial charge in [-0.3, -0.25) is 11.3 Å². The van der Waals surface area contributed by atoms with Crippen LogP contribution < -0.4 is 17.0 Å². The summed E-state index contributed by atoms with van der Waals surface area (Å²) in [6.07, 6.45) is 3.46. The number of hydrogen-bond acceptors (Lipinski definition) is 5. The van der Waals surface area contributed by atoms with Gasteiger partial charge in [0.2, 0.25) is 0 Å². The highest BCUT2D eigenvalue weighted by molar-refractivity contribution is 6.30. The molecule has 0 aliphatic carbocycles. The van der Waals surface area contributed by atoms with Crippen molar-refractivity contribution in [1.29, 1.82) is 0 Å². The van der Waals surface area contributed by atoms with E-state index >= 15 is 0 Å². The van der Waals surface area contributed by atoms with Crippen LogP contribution in [0, 0.1) is 5.92 Å². The summed E-state index contributed by atoms with van der Waals surface area (Å²) >= 11 is 5.95. The second-order valence-corrected chi connectivity index (χ2v) is 4.66. The third-order valence-corrected chi connectivity index (χ3v) is 3.37. The minimum atomic E-state index is -0.0231. The van der Waals surface area contributed by atoms with Crippen molar-refractivity contribution >= 4 is 17.4 Å². The summed E-state index contributed by atoms with van der Waals surface area (Å²) in [5.74, 6) is 6.51. The third kappa shape index (κ3) is 2.87. The number of nitrogen functional groups attached to an aromatic ring is 1. The van der Waals surface area contributed by atoms with Gasteiger partial charge in [0.15, 0.2) is 0 Å². The summed E-state index contributed by atoms with van der Waals surface area (Å²) in [7, 11) is 0. The van der Waals surface area contributed by atoms with Gasteiger partial charge < -0.3 is 10.5 Å². The summed E-state index contributed by atoms with van der Waals surface area (Å²) in [4.78, 5) is 4.06. The number of anilines is 1. The monoisotopic (exact) mass is 256 g/mol. The Bertz CT molecular complexity index is 382. The zero-order chi connectivity index (χ0) is 12.3. The van der Waals surface area contributed by atoms with Crippen molar-refractivity contribution in [2.75, 3.05) is 18.9 Å². The van der Waals surface area contributed by atoms with Gasteiger partial charge in [-0.05, 0) is 24.8 Å². The number of halogens is 1. The molecular formula is C11H17ClN4O. The number of pyridine rings is 1. The van der Waals surface area contributed by atoms with E-state index in [4.69, 9.17) is 27.9 Å². The number of hydrazine groups is 1. The van der Waals surface area contributed by atoms with Crippen molar-refractivity contribution in [3.05, 3.63) is 22.8 Å². The van der Waals surface area contributed by atoms with Crippen LogP contribution in [0.2, 0.25) is 5.02 Å². The molecule has 1 fully saturated rings. The first-order chi connectivity index (χ1) is 8.22. The van der Waals surface area contributed by atoms with Crippen molar-refractivity contribution in [3.63, 3.8) is 0 Å². The molecule has 2 rings (SSSR count). The minimum Gasteiger partial charge on any atom is -0.383 e. The number of aromatic nitrogens is 1. The lowest BCUT2D eigenvalue weighted by Crippen LogP contribution is -2.36. The fraction of sp³-hybridized carbons (Fsp3) is 0.545. The summed E-state index contributed by atoms with van der Waals surface area (Å²) in [5.41, 5.74) is 9.57. The fourth-order valence-electron chi connectivity index (χ4n) is 2.24. The Morgan fingerprint density at radius 1 is 1.47 bits per heavy atom. The Morgan fingerprint density at radius 2 is 2.18 bits per heavy atom. The molecule has 5 N–H and O–H groups in total. The lowest BCUT2D eigenvalue weighted by Gasteiger charge is -2.30. The average molecular weight is 257 g/mol. The molecule has 1 aromatic heterocycles. The number of nitrogens with zero attached hydrogens (tertiary/aromatic N) is 1. The molecule has 0 bridgehead atoms. The van der Waals surface area contributed by atoms with Gasteiger partial charge in [-0.1, -0.05) is 11.6 Å². The van der Waals surface area contributed by atoms with Crippen molar-refractivity contribution in [2.24, 2.45) is 11.8 Å². The van der Waals surface area contributed by atoms with E-state index in [1.54, 1.807) is 0 Å². The highest BCUT2D eigenvalue weighted by Crippen LogP contribution is 2.32. The third-order valence-electron chi connectivity index (χ3n) is 3.17. The van der Waals surface area contributed by atoms with E-state index in [0.29, 0.717) is 16.8 Å². The van der Waals surface area contributed by atoms with Crippen LogP contribution in [0.15, 0.2) is 12.3 Å². The second kappa shape index (κ2) is 5.64. The van der Waals surface area contributed by atoms with Crippen molar-refractivity contribution in [1.82, 2.24) is 10.4 Å². The zero-order valence-electron chi connectivity index (χ0n) is 9.53. The van der Waals surface area contributed by atoms with E-state index in [-0.39, 0.29) is 6.04 Å². The molecule has 0 spiro atoms. The van der Waals surface area contributed by atoms with Crippen LogP contribution >= 0.6 is 11.6 Å². The molecule has 1 atom stereocenters. The van der Waals surface area contributed by atoms with E-state index in [1.807, 2.05) is 6.07 Å². The van der Waals surface area contributed by atoms with Gasteiger partial charge in [-0.15, -0.1) is 0 Å². The van der Waals surface area contributed by atoms with Crippen LogP contribution in [0.3, 0.4) is 0 Å². The second-order valence-electron chi connectivity index (χ2n) is 4.22. The van der Waals surface area contributed by atoms with Crippen molar-refractivity contribution in [3.8, 4) is 0 Å². The molecule has 1 aliphatic rings. The molecule has 0 amide bonds. The summed E-state index contributed by atoms with van der Waals surface area (Å²) in [6.45, 7) is 1.52. The summed E-state index contributed by atoms with van der Waals surface area (Å²) < 4.78 is 5.34.